The number of carbonyl (C=O) groups is 2. The van der Waals surface area contributed by atoms with Crippen molar-refractivity contribution in [1.29, 1.82) is 0 Å². The normalized spacial score (nSPS) is 35.0. The fourth-order valence-corrected chi connectivity index (χ4v) is 1.65. The number of cyclic esters (lactones) is 2. The SMILES string of the molecule is O=C1CC(C2CCC(=O)O2)CO1. The number of carbonyl (C=O) groups excluding carboxylic acids is 2. The highest BCUT2D eigenvalue weighted by Gasteiger charge is 2.36. The van der Waals surface area contributed by atoms with Crippen molar-refractivity contribution >= 4 is 11.9 Å². The van der Waals surface area contributed by atoms with E-state index in [0.717, 1.165) is 6.42 Å². The zero-order valence-electron chi connectivity index (χ0n) is 6.62. The monoisotopic (exact) mass is 170 g/mol. The molecule has 4 nitrogen and oxygen atoms in total. The van der Waals surface area contributed by atoms with Gasteiger partial charge in [0.15, 0.2) is 0 Å². The summed E-state index contributed by atoms with van der Waals surface area (Å²) >= 11 is 0. The van der Waals surface area contributed by atoms with Crippen LogP contribution in [0.3, 0.4) is 0 Å². The molecule has 2 aliphatic heterocycles. The summed E-state index contributed by atoms with van der Waals surface area (Å²) in [7, 11) is 0. The Hall–Kier alpha value is -1.06. The van der Waals surface area contributed by atoms with E-state index in [-0.39, 0.29) is 24.0 Å². The van der Waals surface area contributed by atoms with Gasteiger partial charge in [0, 0.05) is 12.3 Å². The number of hydrogen-bond donors (Lipinski definition) is 0. The lowest BCUT2D eigenvalue weighted by Gasteiger charge is -2.12. The third-order valence-electron chi connectivity index (χ3n) is 2.33. The van der Waals surface area contributed by atoms with Crippen LogP contribution in [0.2, 0.25) is 0 Å². The van der Waals surface area contributed by atoms with Gasteiger partial charge < -0.3 is 9.47 Å². The van der Waals surface area contributed by atoms with E-state index in [1.165, 1.54) is 0 Å². The van der Waals surface area contributed by atoms with Gasteiger partial charge >= 0.3 is 11.9 Å². The van der Waals surface area contributed by atoms with Gasteiger partial charge in [-0.15, -0.1) is 0 Å². The summed E-state index contributed by atoms with van der Waals surface area (Å²) in [6.07, 6.45) is 1.54. The van der Waals surface area contributed by atoms with E-state index in [4.69, 9.17) is 9.47 Å². The first kappa shape index (κ1) is 7.58. The summed E-state index contributed by atoms with van der Waals surface area (Å²) in [5, 5.41) is 0. The fourth-order valence-electron chi connectivity index (χ4n) is 1.65. The van der Waals surface area contributed by atoms with Crippen LogP contribution in [0.15, 0.2) is 0 Å². The summed E-state index contributed by atoms with van der Waals surface area (Å²) in [5.74, 6) is -0.230. The van der Waals surface area contributed by atoms with Crippen molar-refractivity contribution in [3.05, 3.63) is 0 Å². The van der Waals surface area contributed by atoms with Gasteiger partial charge in [0.1, 0.15) is 6.10 Å². The smallest absolute Gasteiger partial charge is 0.306 e. The third-order valence-corrected chi connectivity index (χ3v) is 2.33. The number of rotatable bonds is 1. The number of hydrogen-bond acceptors (Lipinski definition) is 4. The van der Waals surface area contributed by atoms with Crippen LogP contribution in [0.1, 0.15) is 19.3 Å². The average molecular weight is 170 g/mol. The van der Waals surface area contributed by atoms with Gasteiger partial charge in [0.25, 0.3) is 0 Å². The van der Waals surface area contributed by atoms with E-state index in [1.54, 1.807) is 0 Å². The zero-order chi connectivity index (χ0) is 8.55. The van der Waals surface area contributed by atoms with Crippen LogP contribution in [0.5, 0.6) is 0 Å². The second kappa shape index (κ2) is 2.77. The Kier molecular flexibility index (Phi) is 1.75. The summed E-state index contributed by atoms with van der Waals surface area (Å²) in [6, 6.07) is 0. The minimum absolute atomic E-state index is 0.0797. The molecule has 0 bridgehead atoms. The lowest BCUT2D eigenvalue weighted by atomic mass is 9.99. The molecule has 0 aromatic rings. The fraction of sp³-hybridized carbons (Fsp3) is 0.750. The van der Waals surface area contributed by atoms with Crippen molar-refractivity contribution in [2.45, 2.75) is 25.4 Å². The predicted octanol–water partition coefficient (Wildman–Crippen LogP) is 0.255. The largest absolute Gasteiger partial charge is 0.465 e. The van der Waals surface area contributed by atoms with Gasteiger partial charge in [-0.3, -0.25) is 9.59 Å². The minimum Gasteiger partial charge on any atom is -0.465 e. The zero-order valence-corrected chi connectivity index (χ0v) is 6.62. The van der Waals surface area contributed by atoms with Gasteiger partial charge in [-0.1, -0.05) is 0 Å². The molecule has 66 valence electrons. The maximum absolute atomic E-state index is 10.7. The Labute approximate surface area is 69.8 Å². The van der Waals surface area contributed by atoms with E-state index in [2.05, 4.69) is 0 Å². The number of esters is 2. The molecule has 2 rings (SSSR count). The molecule has 2 heterocycles. The van der Waals surface area contributed by atoms with E-state index in [0.29, 0.717) is 19.4 Å². The molecule has 2 aliphatic rings. The van der Waals surface area contributed by atoms with E-state index in [9.17, 15) is 9.59 Å². The molecule has 0 saturated carbocycles. The molecule has 0 aliphatic carbocycles. The summed E-state index contributed by atoms with van der Waals surface area (Å²) in [4.78, 5) is 21.5. The lowest BCUT2D eigenvalue weighted by molar-refractivity contribution is -0.143. The highest BCUT2D eigenvalue weighted by Crippen LogP contribution is 2.27. The van der Waals surface area contributed by atoms with Crippen LogP contribution in [0.4, 0.5) is 0 Å². The molecule has 2 saturated heterocycles. The molecule has 12 heavy (non-hydrogen) atoms. The highest BCUT2D eigenvalue weighted by molar-refractivity contribution is 5.73. The maximum atomic E-state index is 10.7. The Morgan fingerprint density at radius 3 is 2.58 bits per heavy atom. The minimum atomic E-state index is -0.178. The maximum Gasteiger partial charge on any atom is 0.306 e. The summed E-state index contributed by atoms with van der Waals surface area (Å²) in [5.41, 5.74) is 0. The average Bonchev–Trinajstić information content (AvgIpc) is 2.58. The predicted molar refractivity (Wildman–Crippen MR) is 38.2 cm³/mol. The van der Waals surface area contributed by atoms with Crippen LogP contribution in [0, 0.1) is 5.92 Å². The van der Waals surface area contributed by atoms with Crippen LogP contribution in [-0.4, -0.2) is 24.6 Å². The Morgan fingerprint density at radius 2 is 2.08 bits per heavy atom. The van der Waals surface area contributed by atoms with Crippen molar-refractivity contribution in [1.82, 2.24) is 0 Å². The molecular weight excluding hydrogens is 160 g/mol. The second-order valence-corrected chi connectivity index (χ2v) is 3.21. The highest BCUT2D eigenvalue weighted by atomic mass is 16.6. The van der Waals surface area contributed by atoms with Crippen LogP contribution in [0.25, 0.3) is 0 Å². The van der Waals surface area contributed by atoms with Gasteiger partial charge in [0.05, 0.1) is 13.0 Å². The van der Waals surface area contributed by atoms with Crippen molar-refractivity contribution in [2.75, 3.05) is 6.61 Å². The summed E-state index contributed by atoms with van der Waals surface area (Å²) in [6.45, 7) is 0.413. The molecule has 0 radical (unpaired) electrons. The Balaban J connectivity index is 1.93. The molecule has 0 amide bonds. The molecule has 4 heteroatoms. The molecule has 0 aromatic carbocycles. The first-order chi connectivity index (χ1) is 5.75. The van der Waals surface area contributed by atoms with Gasteiger partial charge in [-0.05, 0) is 6.42 Å². The Morgan fingerprint density at radius 1 is 1.25 bits per heavy atom. The first-order valence-electron chi connectivity index (χ1n) is 4.11. The molecule has 2 atom stereocenters. The summed E-state index contributed by atoms with van der Waals surface area (Å²) < 4.78 is 9.81. The van der Waals surface area contributed by atoms with Gasteiger partial charge in [-0.2, -0.15) is 0 Å². The Bertz CT molecular complexity index is 199. The standard InChI is InChI=1S/C8H10O4/c9-7-2-1-6(12-7)5-3-8(10)11-4-5/h5-6H,1-4H2. The van der Waals surface area contributed by atoms with Crippen LogP contribution in [-0.2, 0) is 19.1 Å². The van der Waals surface area contributed by atoms with Gasteiger partial charge in [0.2, 0.25) is 0 Å². The van der Waals surface area contributed by atoms with E-state index in [1.807, 2.05) is 0 Å². The molecule has 2 unspecified atom stereocenters. The molecule has 0 N–H and O–H groups in total. The topological polar surface area (TPSA) is 52.6 Å². The van der Waals surface area contributed by atoms with E-state index < -0.39 is 0 Å². The van der Waals surface area contributed by atoms with E-state index >= 15 is 0 Å². The molecule has 0 aromatic heterocycles. The van der Waals surface area contributed by atoms with Crippen molar-refractivity contribution in [3.63, 3.8) is 0 Å². The second-order valence-electron chi connectivity index (χ2n) is 3.21. The molecule has 0 spiro atoms. The number of ether oxygens (including phenoxy) is 2. The third kappa shape index (κ3) is 1.29. The van der Waals surface area contributed by atoms with Crippen molar-refractivity contribution in [3.8, 4) is 0 Å². The lowest BCUT2D eigenvalue weighted by Crippen LogP contribution is -2.20. The van der Waals surface area contributed by atoms with Gasteiger partial charge in [-0.25, -0.2) is 0 Å². The molecular formula is C8H10O4. The van der Waals surface area contributed by atoms with Crippen molar-refractivity contribution in [2.24, 2.45) is 5.92 Å². The van der Waals surface area contributed by atoms with Crippen molar-refractivity contribution < 1.29 is 19.1 Å². The van der Waals surface area contributed by atoms with Crippen LogP contribution < -0.4 is 0 Å². The molecule has 2 fully saturated rings. The quantitative estimate of drug-likeness (QED) is 0.529. The first-order valence-corrected chi connectivity index (χ1v) is 4.11. The van der Waals surface area contributed by atoms with Crippen LogP contribution >= 0.6 is 0 Å².